The van der Waals surface area contributed by atoms with Crippen LogP contribution in [0.5, 0.6) is 17.2 Å². The van der Waals surface area contributed by atoms with E-state index in [1.165, 1.54) is 11.8 Å². The zero-order valence-corrected chi connectivity index (χ0v) is 15.5. The van der Waals surface area contributed by atoms with E-state index in [0.29, 0.717) is 30.1 Å². The summed E-state index contributed by atoms with van der Waals surface area (Å²) in [7, 11) is 1.64. The lowest BCUT2D eigenvalue weighted by atomic mass is 10.2. The molecule has 0 unspecified atom stereocenters. The Balaban J connectivity index is 1.52. The van der Waals surface area contributed by atoms with Crippen LogP contribution in [0.1, 0.15) is 6.92 Å². The molecule has 3 rings (SSSR count). The molecule has 0 saturated heterocycles. The van der Waals surface area contributed by atoms with Crippen LogP contribution in [0.2, 0.25) is 0 Å². The molecule has 0 aliphatic rings. The minimum absolute atomic E-state index is 0.452. The van der Waals surface area contributed by atoms with Gasteiger partial charge in [-0.3, -0.25) is 0 Å². The van der Waals surface area contributed by atoms with Crippen molar-refractivity contribution in [2.24, 2.45) is 0 Å². The van der Waals surface area contributed by atoms with Gasteiger partial charge in [-0.15, -0.1) is 10.2 Å². The highest BCUT2D eigenvalue weighted by atomic mass is 32.2. The summed E-state index contributed by atoms with van der Waals surface area (Å²) in [5.74, 6) is 3.48. The zero-order valence-electron chi connectivity index (χ0n) is 14.7. The Bertz CT molecular complexity index is 820. The van der Waals surface area contributed by atoms with Gasteiger partial charge in [-0.1, -0.05) is 23.9 Å². The van der Waals surface area contributed by atoms with Gasteiger partial charge in [0.05, 0.1) is 25.9 Å². The van der Waals surface area contributed by atoms with E-state index >= 15 is 0 Å². The standard InChI is InChI=1S/C19H20N2O4S/c1-3-23-17-7-5-4-6-16(17)18-20-21-19(25-18)26-13-12-24-15-10-8-14(22-2)9-11-15/h4-11H,3,12-13H2,1-2H3. The number of nitrogens with zero attached hydrogens (tertiary/aromatic N) is 2. The number of thioether (sulfide) groups is 1. The van der Waals surface area contributed by atoms with Crippen molar-refractivity contribution in [3.05, 3.63) is 48.5 Å². The molecule has 0 spiro atoms. The largest absolute Gasteiger partial charge is 0.497 e. The van der Waals surface area contributed by atoms with Gasteiger partial charge in [0, 0.05) is 5.75 Å². The van der Waals surface area contributed by atoms with Crippen LogP contribution in [-0.4, -0.2) is 36.3 Å². The van der Waals surface area contributed by atoms with Gasteiger partial charge in [0.2, 0.25) is 0 Å². The number of para-hydroxylation sites is 1. The average molecular weight is 372 g/mol. The number of ether oxygens (including phenoxy) is 3. The van der Waals surface area contributed by atoms with Gasteiger partial charge in [0.25, 0.3) is 11.1 Å². The lowest BCUT2D eigenvalue weighted by Gasteiger charge is -2.06. The van der Waals surface area contributed by atoms with Crippen molar-refractivity contribution >= 4 is 11.8 Å². The summed E-state index contributed by atoms with van der Waals surface area (Å²) >= 11 is 1.45. The molecule has 0 atom stereocenters. The van der Waals surface area contributed by atoms with Gasteiger partial charge in [0.15, 0.2) is 0 Å². The highest BCUT2D eigenvalue weighted by Crippen LogP contribution is 2.30. The molecule has 2 aromatic carbocycles. The van der Waals surface area contributed by atoms with Gasteiger partial charge >= 0.3 is 0 Å². The van der Waals surface area contributed by atoms with Crippen LogP contribution >= 0.6 is 11.8 Å². The van der Waals surface area contributed by atoms with E-state index in [0.717, 1.165) is 22.8 Å². The molecule has 1 aromatic heterocycles. The van der Waals surface area contributed by atoms with Crippen molar-refractivity contribution in [3.63, 3.8) is 0 Å². The molecule has 0 radical (unpaired) electrons. The van der Waals surface area contributed by atoms with E-state index in [-0.39, 0.29) is 0 Å². The van der Waals surface area contributed by atoms with Gasteiger partial charge in [0.1, 0.15) is 17.2 Å². The Morgan fingerprint density at radius 1 is 0.962 bits per heavy atom. The van der Waals surface area contributed by atoms with Crippen LogP contribution in [0.4, 0.5) is 0 Å². The molecule has 7 heteroatoms. The number of hydrogen-bond acceptors (Lipinski definition) is 7. The summed E-state index contributed by atoms with van der Waals surface area (Å²) in [6.07, 6.45) is 0. The van der Waals surface area contributed by atoms with Gasteiger partial charge in [-0.05, 0) is 43.3 Å². The van der Waals surface area contributed by atoms with Gasteiger partial charge in [-0.2, -0.15) is 0 Å². The molecule has 0 N–H and O–H groups in total. The highest BCUT2D eigenvalue weighted by molar-refractivity contribution is 7.99. The molecule has 0 aliphatic carbocycles. The van der Waals surface area contributed by atoms with E-state index in [9.17, 15) is 0 Å². The molecule has 0 bridgehead atoms. The monoisotopic (exact) mass is 372 g/mol. The van der Waals surface area contributed by atoms with Crippen LogP contribution < -0.4 is 14.2 Å². The third-order valence-corrected chi connectivity index (χ3v) is 4.24. The molecule has 0 aliphatic heterocycles. The fraction of sp³-hybridized carbons (Fsp3) is 0.263. The van der Waals surface area contributed by atoms with Crippen molar-refractivity contribution < 1.29 is 18.6 Å². The summed E-state index contributed by atoms with van der Waals surface area (Å²) < 4.78 is 22.1. The number of methoxy groups -OCH3 is 1. The summed E-state index contributed by atoms with van der Waals surface area (Å²) in [6, 6.07) is 15.1. The van der Waals surface area contributed by atoms with E-state index in [1.54, 1.807) is 7.11 Å². The minimum atomic E-state index is 0.452. The molecule has 0 fully saturated rings. The number of rotatable bonds is 9. The predicted molar refractivity (Wildman–Crippen MR) is 100 cm³/mol. The first-order chi connectivity index (χ1) is 12.8. The van der Waals surface area contributed by atoms with Crippen molar-refractivity contribution in [1.29, 1.82) is 0 Å². The lowest BCUT2D eigenvalue weighted by molar-refractivity contribution is 0.339. The second kappa shape index (κ2) is 9.15. The minimum Gasteiger partial charge on any atom is -0.497 e. The van der Waals surface area contributed by atoms with E-state index in [2.05, 4.69) is 10.2 Å². The van der Waals surface area contributed by atoms with Crippen molar-refractivity contribution in [2.45, 2.75) is 12.1 Å². The van der Waals surface area contributed by atoms with Crippen molar-refractivity contribution in [3.8, 4) is 28.7 Å². The Morgan fingerprint density at radius 2 is 1.73 bits per heavy atom. The van der Waals surface area contributed by atoms with Crippen LogP contribution in [0, 0.1) is 0 Å². The maximum Gasteiger partial charge on any atom is 0.276 e. The topological polar surface area (TPSA) is 66.6 Å². The summed E-state index contributed by atoms with van der Waals surface area (Å²) in [4.78, 5) is 0. The number of benzene rings is 2. The number of hydrogen-bond donors (Lipinski definition) is 0. The van der Waals surface area contributed by atoms with Crippen LogP contribution in [-0.2, 0) is 0 Å². The third kappa shape index (κ3) is 4.70. The molecular weight excluding hydrogens is 352 g/mol. The third-order valence-electron chi connectivity index (χ3n) is 3.46. The molecule has 136 valence electrons. The first-order valence-electron chi connectivity index (χ1n) is 8.25. The molecular formula is C19H20N2O4S. The van der Waals surface area contributed by atoms with Crippen LogP contribution in [0.25, 0.3) is 11.5 Å². The van der Waals surface area contributed by atoms with Gasteiger partial charge < -0.3 is 18.6 Å². The SMILES string of the molecule is CCOc1ccccc1-c1nnc(SCCOc2ccc(OC)cc2)o1. The lowest BCUT2D eigenvalue weighted by Crippen LogP contribution is -1.99. The van der Waals surface area contributed by atoms with Gasteiger partial charge in [-0.25, -0.2) is 0 Å². The fourth-order valence-electron chi connectivity index (χ4n) is 2.26. The van der Waals surface area contributed by atoms with Crippen molar-refractivity contribution in [1.82, 2.24) is 10.2 Å². The number of aromatic nitrogens is 2. The highest BCUT2D eigenvalue weighted by Gasteiger charge is 2.13. The normalized spacial score (nSPS) is 10.5. The molecule has 26 heavy (non-hydrogen) atoms. The molecule has 1 heterocycles. The maximum absolute atomic E-state index is 5.73. The Kier molecular flexibility index (Phi) is 6.38. The molecule has 3 aromatic rings. The Hall–Kier alpha value is -2.67. The van der Waals surface area contributed by atoms with E-state index in [1.807, 2.05) is 55.5 Å². The van der Waals surface area contributed by atoms with E-state index < -0.39 is 0 Å². The smallest absolute Gasteiger partial charge is 0.276 e. The molecule has 0 amide bonds. The average Bonchev–Trinajstić information content (AvgIpc) is 3.15. The fourth-order valence-corrected chi connectivity index (χ4v) is 2.84. The quantitative estimate of drug-likeness (QED) is 0.409. The summed E-state index contributed by atoms with van der Waals surface area (Å²) in [5, 5.41) is 8.70. The predicted octanol–water partition coefficient (Wildman–Crippen LogP) is 4.32. The molecule has 0 saturated carbocycles. The molecule has 6 nitrogen and oxygen atoms in total. The van der Waals surface area contributed by atoms with Crippen LogP contribution in [0.15, 0.2) is 58.2 Å². The Labute approximate surface area is 156 Å². The Morgan fingerprint density at radius 3 is 2.50 bits per heavy atom. The second-order valence-electron chi connectivity index (χ2n) is 5.17. The van der Waals surface area contributed by atoms with Crippen molar-refractivity contribution in [2.75, 3.05) is 26.1 Å². The maximum atomic E-state index is 5.73. The van der Waals surface area contributed by atoms with E-state index in [4.69, 9.17) is 18.6 Å². The summed E-state index contributed by atoms with van der Waals surface area (Å²) in [6.45, 7) is 3.05. The zero-order chi connectivity index (χ0) is 18.2. The first kappa shape index (κ1) is 18.1. The summed E-state index contributed by atoms with van der Waals surface area (Å²) in [5.41, 5.74) is 0.795. The van der Waals surface area contributed by atoms with Crippen LogP contribution in [0.3, 0.4) is 0 Å². The first-order valence-corrected chi connectivity index (χ1v) is 9.24. The second-order valence-corrected chi connectivity index (χ2v) is 6.22.